The second-order valence-electron chi connectivity index (χ2n) is 5.23. The average Bonchev–Trinajstić information content (AvgIpc) is 2.98. The fourth-order valence-electron chi connectivity index (χ4n) is 2.34. The quantitative estimate of drug-likeness (QED) is 0.694. The minimum atomic E-state index is -0.297. The smallest absolute Gasteiger partial charge is 0.276 e. The predicted molar refractivity (Wildman–Crippen MR) is 88.6 cm³/mol. The first-order valence-corrected chi connectivity index (χ1v) is 7.16. The maximum Gasteiger partial charge on any atom is 0.276 e. The van der Waals surface area contributed by atoms with Crippen LogP contribution in [0.25, 0.3) is 10.9 Å². The average molecular weight is 308 g/mol. The predicted octanol–water partition coefficient (Wildman–Crippen LogP) is 2.48. The number of H-pyrrole nitrogens is 1. The lowest BCUT2D eigenvalue weighted by Crippen LogP contribution is -2.18. The summed E-state index contributed by atoms with van der Waals surface area (Å²) in [7, 11) is 1.57. The number of hydrogen-bond donors (Lipinski definition) is 3. The van der Waals surface area contributed by atoms with E-state index in [1.165, 1.54) is 0 Å². The zero-order valence-electron chi connectivity index (χ0n) is 12.8. The summed E-state index contributed by atoms with van der Waals surface area (Å²) in [4.78, 5) is 23.9. The third-order valence-corrected chi connectivity index (χ3v) is 3.57. The molecule has 1 heterocycles. The van der Waals surface area contributed by atoms with Crippen LogP contribution in [-0.2, 0) is 0 Å². The van der Waals surface area contributed by atoms with Crippen LogP contribution in [-0.4, -0.2) is 29.1 Å². The van der Waals surface area contributed by atoms with Crippen LogP contribution in [0.5, 0.6) is 0 Å². The molecule has 0 saturated heterocycles. The van der Waals surface area contributed by atoms with Gasteiger partial charge in [0.15, 0.2) is 5.69 Å². The Labute approximate surface area is 132 Å². The van der Waals surface area contributed by atoms with Crippen LogP contribution in [0, 0.1) is 6.92 Å². The minimum absolute atomic E-state index is 0.170. The summed E-state index contributed by atoms with van der Waals surface area (Å²) >= 11 is 0. The monoisotopic (exact) mass is 308 g/mol. The van der Waals surface area contributed by atoms with Gasteiger partial charge in [-0.1, -0.05) is 11.6 Å². The number of benzene rings is 2. The number of hydrogen-bond acceptors (Lipinski definition) is 3. The van der Waals surface area contributed by atoms with Gasteiger partial charge in [-0.3, -0.25) is 14.7 Å². The van der Waals surface area contributed by atoms with Gasteiger partial charge >= 0.3 is 0 Å². The Kier molecular flexibility index (Phi) is 3.80. The number of carbonyl (C=O) groups is 2. The standard InChI is InChI=1S/C17H16N4O2/c1-10-3-8-14-13(9-10)15(21-20-14)17(23)19-12-6-4-11(5-7-12)16(22)18-2/h3-9H,1-2H3,(H,18,22)(H,19,23)(H,20,21). The van der Waals surface area contributed by atoms with Gasteiger partial charge in [-0.05, 0) is 43.3 Å². The lowest BCUT2D eigenvalue weighted by Gasteiger charge is -2.05. The third-order valence-electron chi connectivity index (χ3n) is 3.57. The highest BCUT2D eigenvalue weighted by atomic mass is 16.2. The molecule has 0 saturated carbocycles. The normalized spacial score (nSPS) is 10.5. The number of aromatic nitrogens is 2. The summed E-state index contributed by atoms with van der Waals surface area (Å²) in [5, 5.41) is 13.1. The Morgan fingerprint density at radius 1 is 1.04 bits per heavy atom. The molecule has 3 aromatic rings. The summed E-state index contributed by atoms with van der Waals surface area (Å²) < 4.78 is 0. The van der Waals surface area contributed by atoms with Crippen molar-refractivity contribution in [3.8, 4) is 0 Å². The van der Waals surface area contributed by atoms with Crippen molar-refractivity contribution in [2.45, 2.75) is 6.92 Å². The molecule has 1 aromatic heterocycles. The van der Waals surface area contributed by atoms with Crippen LogP contribution in [0.1, 0.15) is 26.4 Å². The van der Waals surface area contributed by atoms with Crippen molar-refractivity contribution in [2.75, 3.05) is 12.4 Å². The Hall–Kier alpha value is -3.15. The van der Waals surface area contributed by atoms with Gasteiger partial charge in [0.25, 0.3) is 11.8 Å². The molecule has 0 atom stereocenters. The van der Waals surface area contributed by atoms with E-state index in [0.29, 0.717) is 16.9 Å². The lowest BCUT2D eigenvalue weighted by atomic mass is 10.1. The van der Waals surface area contributed by atoms with Gasteiger partial charge in [-0.2, -0.15) is 5.10 Å². The molecule has 0 unspecified atom stereocenters. The van der Waals surface area contributed by atoms with Gasteiger partial charge in [-0.25, -0.2) is 0 Å². The number of amides is 2. The molecule has 3 N–H and O–H groups in total. The summed E-state index contributed by atoms with van der Waals surface area (Å²) in [6.07, 6.45) is 0. The van der Waals surface area contributed by atoms with E-state index in [0.717, 1.165) is 16.5 Å². The molecule has 3 rings (SSSR count). The maximum absolute atomic E-state index is 12.4. The van der Waals surface area contributed by atoms with Crippen molar-refractivity contribution in [1.29, 1.82) is 0 Å². The van der Waals surface area contributed by atoms with Crippen molar-refractivity contribution in [3.63, 3.8) is 0 Å². The third kappa shape index (κ3) is 2.91. The molecule has 2 aromatic carbocycles. The molecule has 0 aliphatic rings. The number of nitrogens with zero attached hydrogens (tertiary/aromatic N) is 1. The Bertz CT molecular complexity index is 881. The SMILES string of the molecule is CNC(=O)c1ccc(NC(=O)c2n[nH]c3ccc(C)cc23)cc1. The van der Waals surface area contributed by atoms with Gasteiger partial charge < -0.3 is 10.6 Å². The van der Waals surface area contributed by atoms with Gasteiger partial charge in [0, 0.05) is 23.7 Å². The summed E-state index contributed by atoms with van der Waals surface area (Å²) in [5.74, 6) is -0.466. The highest BCUT2D eigenvalue weighted by Gasteiger charge is 2.14. The van der Waals surface area contributed by atoms with Crippen LogP contribution in [0.3, 0.4) is 0 Å². The Morgan fingerprint density at radius 3 is 2.48 bits per heavy atom. The van der Waals surface area contributed by atoms with Gasteiger partial charge in [0.05, 0.1) is 5.52 Å². The highest BCUT2D eigenvalue weighted by Crippen LogP contribution is 2.19. The van der Waals surface area contributed by atoms with E-state index in [1.807, 2.05) is 25.1 Å². The molecule has 6 nitrogen and oxygen atoms in total. The van der Waals surface area contributed by atoms with E-state index < -0.39 is 0 Å². The van der Waals surface area contributed by atoms with Crippen LogP contribution in [0.4, 0.5) is 5.69 Å². The number of anilines is 1. The molecule has 0 fully saturated rings. The van der Waals surface area contributed by atoms with Gasteiger partial charge in [0.1, 0.15) is 0 Å². The molecule has 6 heteroatoms. The van der Waals surface area contributed by atoms with E-state index in [9.17, 15) is 9.59 Å². The number of rotatable bonds is 3. The Balaban J connectivity index is 1.83. The van der Waals surface area contributed by atoms with Crippen molar-refractivity contribution >= 4 is 28.4 Å². The first-order chi connectivity index (χ1) is 11.1. The number of aromatic amines is 1. The molecule has 23 heavy (non-hydrogen) atoms. The molecule has 0 aliphatic carbocycles. The molecule has 0 spiro atoms. The lowest BCUT2D eigenvalue weighted by molar-refractivity contribution is 0.0962. The maximum atomic E-state index is 12.4. The summed E-state index contributed by atoms with van der Waals surface area (Å²) in [6, 6.07) is 12.4. The number of fused-ring (bicyclic) bond motifs is 1. The topological polar surface area (TPSA) is 86.9 Å². The molecule has 0 radical (unpaired) electrons. The molecule has 0 aliphatic heterocycles. The molecule has 0 bridgehead atoms. The second-order valence-corrected chi connectivity index (χ2v) is 5.23. The molecule has 2 amide bonds. The van der Waals surface area contributed by atoms with Gasteiger partial charge in [0.2, 0.25) is 0 Å². The first kappa shape index (κ1) is 14.8. The number of aryl methyl sites for hydroxylation is 1. The largest absolute Gasteiger partial charge is 0.355 e. The van der Waals surface area contributed by atoms with Crippen LogP contribution in [0.2, 0.25) is 0 Å². The zero-order chi connectivity index (χ0) is 16.4. The second kappa shape index (κ2) is 5.92. The van der Waals surface area contributed by atoms with Crippen molar-refractivity contribution in [1.82, 2.24) is 15.5 Å². The summed E-state index contributed by atoms with van der Waals surface area (Å²) in [5.41, 5.74) is 3.36. The van der Waals surface area contributed by atoms with E-state index in [-0.39, 0.29) is 11.8 Å². The van der Waals surface area contributed by atoms with Gasteiger partial charge in [-0.15, -0.1) is 0 Å². The van der Waals surface area contributed by atoms with E-state index in [2.05, 4.69) is 20.8 Å². The van der Waals surface area contributed by atoms with E-state index in [4.69, 9.17) is 0 Å². The fourth-order valence-corrected chi connectivity index (χ4v) is 2.34. The highest BCUT2D eigenvalue weighted by molar-refractivity contribution is 6.11. The first-order valence-electron chi connectivity index (χ1n) is 7.16. The molecular formula is C17H16N4O2. The minimum Gasteiger partial charge on any atom is -0.355 e. The Morgan fingerprint density at radius 2 is 1.78 bits per heavy atom. The van der Waals surface area contributed by atoms with Crippen molar-refractivity contribution < 1.29 is 9.59 Å². The zero-order valence-corrected chi connectivity index (χ0v) is 12.8. The molecule has 116 valence electrons. The number of nitrogens with one attached hydrogen (secondary N) is 3. The van der Waals surface area contributed by atoms with Crippen molar-refractivity contribution in [2.24, 2.45) is 0 Å². The van der Waals surface area contributed by atoms with E-state index >= 15 is 0 Å². The fraction of sp³-hybridized carbons (Fsp3) is 0.118. The van der Waals surface area contributed by atoms with Crippen LogP contribution < -0.4 is 10.6 Å². The van der Waals surface area contributed by atoms with Crippen LogP contribution >= 0.6 is 0 Å². The van der Waals surface area contributed by atoms with Crippen LogP contribution in [0.15, 0.2) is 42.5 Å². The summed E-state index contributed by atoms with van der Waals surface area (Å²) in [6.45, 7) is 1.96. The molecular weight excluding hydrogens is 292 g/mol. The van der Waals surface area contributed by atoms with E-state index in [1.54, 1.807) is 31.3 Å². The van der Waals surface area contributed by atoms with Crippen molar-refractivity contribution in [3.05, 3.63) is 59.3 Å². The number of carbonyl (C=O) groups excluding carboxylic acids is 2.